The van der Waals surface area contributed by atoms with Crippen molar-refractivity contribution in [2.75, 3.05) is 12.4 Å². The average molecular weight is 236 g/mol. The zero-order chi connectivity index (χ0) is 11.5. The molecule has 2 heterocycles. The van der Waals surface area contributed by atoms with Crippen molar-refractivity contribution in [3.05, 3.63) is 18.1 Å². The van der Waals surface area contributed by atoms with Gasteiger partial charge < -0.3 is 9.88 Å². The summed E-state index contributed by atoms with van der Waals surface area (Å²) in [5, 5.41) is 12.4. The second-order valence-electron chi connectivity index (χ2n) is 3.25. The summed E-state index contributed by atoms with van der Waals surface area (Å²) in [4.78, 5) is 8.55. The van der Waals surface area contributed by atoms with Gasteiger partial charge in [0.05, 0.1) is 0 Å². The van der Waals surface area contributed by atoms with E-state index in [4.69, 9.17) is 0 Å². The Labute approximate surface area is 97.5 Å². The first-order valence-corrected chi connectivity index (χ1v) is 5.56. The third-order valence-electron chi connectivity index (χ3n) is 1.92. The van der Waals surface area contributed by atoms with E-state index >= 15 is 0 Å². The van der Waals surface area contributed by atoms with Gasteiger partial charge in [0, 0.05) is 19.8 Å². The molecule has 0 radical (unpaired) electrons. The van der Waals surface area contributed by atoms with E-state index in [0.29, 0.717) is 5.95 Å². The van der Waals surface area contributed by atoms with E-state index in [-0.39, 0.29) is 0 Å². The van der Waals surface area contributed by atoms with Gasteiger partial charge in [-0.15, -0.1) is 10.2 Å². The number of hydrogen-bond donors (Lipinski definition) is 1. The van der Waals surface area contributed by atoms with Crippen molar-refractivity contribution in [1.29, 1.82) is 0 Å². The molecule has 0 saturated heterocycles. The van der Waals surface area contributed by atoms with Crippen LogP contribution < -0.4 is 5.32 Å². The van der Waals surface area contributed by atoms with Gasteiger partial charge in [-0.3, -0.25) is 0 Å². The Kier molecular flexibility index (Phi) is 3.04. The molecule has 7 heteroatoms. The van der Waals surface area contributed by atoms with E-state index < -0.39 is 0 Å². The van der Waals surface area contributed by atoms with E-state index in [0.717, 1.165) is 15.9 Å². The van der Waals surface area contributed by atoms with E-state index in [1.165, 1.54) is 11.8 Å². The lowest BCUT2D eigenvalue weighted by atomic mass is 10.5. The molecule has 84 valence electrons. The fourth-order valence-corrected chi connectivity index (χ4v) is 1.99. The van der Waals surface area contributed by atoms with Gasteiger partial charge in [0.1, 0.15) is 11.4 Å². The summed E-state index contributed by atoms with van der Waals surface area (Å²) < 4.78 is 1.85. The summed E-state index contributed by atoms with van der Waals surface area (Å²) in [7, 11) is 3.70. The molecule has 0 fully saturated rings. The van der Waals surface area contributed by atoms with Crippen LogP contribution in [0.25, 0.3) is 0 Å². The van der Waals surface area contributed by atoms with Crippen LogP contribution in [0.5, 0.6) is 0 Å². The highest BCUT2D eigenvalue weighted by atomic mass is 32.2. The van der Waals surface area contributed by atoms with Gasteiger partial charge in [0.2, 0.25) is 5.95 Å². The molecule has 16 heavy (non-hydrogen) atoms. The lowest BCUT2D eigenvalue weighted by Gasteiger charge is -2.04. The van der Waals surface area contributed by atoms with Crippen LogP contribution >= 0.6 is 11.8 Å². The van der Waals surface area contributed by atoms with Crippen LogP contribution in [0.15, 0.2) is 22.6 Å². The summed E-state index contributed by atoms with van der Waals surface area (Å²) in [5.41, 5.74) is 0.920. The highest BCUT2D eigenvalue weighted by molar-refractivity contribution is 7.99. The van der Waals surface area contributed by atoms with E-state index in [9.17, 15) is 0 Å². The van der Waals surface area contributed by atoms with Crippen LogP contribution in [-0.4, -0.2) is 31.8 Å². The SMILES string of the molecule is CNc1nc(C)cc(Sc2nncn2C)n1. The van der Waals surface area contributed by atoms with Gasteiger partial charge in [-0.2, -0.15) is 0 Å². The molecule has 0 aliphatic carbocycles. The molecule has 0 amide bonds. The number of rotatable bonds is 3. The molecule has 2 rings (SSSR count). The van der Waals surface area contributed by atoms with Crippen molar-refractivity contribution in [2.45, 2.75) is 17.1 Å². The third-order valence-corrected chi connectivity index (χ3v) is 2.89. The second kappa shape index (κ2) is 4.48. The molecule has 2 aromatic heterocycles. The first-order valence-electron chi connectivity index (χ1n) is 4.74. The highest BCUT2D eigenvalue weighted by Crippen LogP contribution is 2.24. The first kappa shape index (κ1) is 10.9. The maximum atomic E-state index is 4.33. The largest absolute Gasteiger partial charge is 0.357 e. The number of aromatic nitrogens is 5. The predicted molar refractivity (Wildman–Crippen MR) is 61.4 cm³/mol. The van der Waals surface area contributed by atoms with Gasteiger partial charge in [0.25, 0.3) is 0 Å². The summed E-state index contributed by atoms with van der Waals surface area (Å²) in [6.07, 6.45) is 1.66. The fourth-order valence-electron chi connectivity index (χ4n) is 1.16. The Hall–Kier alpha value is -1.63. The quantitative estimate of drug-likeness (QED) is 0.805. The van der Waals surface area contributed by atoms with Crippen LogP contribution in [0.2, 0.25) is 0 Å². The fraction of sp³-hybridized carbons (Fsp3) is 0.333. The van der Waals surface area contributed by atoms with E-state index in [1.54, 1.807) is 13.4 Å². The minimum Gasteiger partial charge on any atom is -0.357 e. The van der Waals surface area contributed by atoms with Crippen molar-refractivity contribution >= 4 is 17.7 Å². The zero-order valence-corrected chi connectivity index (χ0v) is 10.1. The van der Waals surface area contributed by atoms with E-state index in [1.807, 2.05) is 24.6 Å². The Morgan fingerprint density at radius 1 is 1.38 bits per heavy atom. The average Bonchev–Trinajstić information content (AvgIpc) is 2.63. The summed E-state index contributed by atoms with van der Waals surface area (Å²) in [6.45, 7) is 1.93. The molecule has 2 aromatic rings. The molecule has 0 aliphatic heterocycles. The maximum Gasteiger partial charge on any atom is 0.223 e. The molecular weight excluding hydrogens is 224 g/mol. The van der Waals surface area contributed by atoms with Crippen LogP contribution in [0.3, 0.4) is 0 Å². The topological polar surface area (TPSA) is 68.5 Å². The van der Waals surface area contributed by atoms with Gasteiger partial charge >= 0.3 is 0 Å². The van der Waals surface area contributed by atoms with Crippen LogP contribution in [0, 0.1) is 6.92 Å². The molecule has 0 atom stereocenters. The van der Waals surface area contributed by atoms with Crippen molar-refractivity contribution < 1.29 is 0 Å². The molecule has 1 N–H and O–H groups in total. The third kappa shape index (κ3) is 2.30. The molecule has 0 aliphatic rings. The van der Waals surface area contributed by atoms with Crippen LogP contribution in [-0.2, 0) is 7.05 Å². The Bertz CT molecular complexity index is 494. The van der Waals surface area contributed by atoms with Crippen LogP contribution in [0.1, 0.15) is 5.69 Å². The predicted octanol–water partition coefficient (Wildman–Crippen LogP) is 1.11. The zero-order valence-electron chi connectivity index (χ0n) is 9.30. The van der Waals surface area contributed by atoms with Crippen LogP contribution in [0.4, 0.5) is 5.95 Å². The van der Waals surface area contributed by atoms with Crippen molar-refractivity contribution in [1.82, 2.24) is 24.7 Å². The molecule has 6 nitrogen and oxygen atoms in total. The molecule has 0 unspecified atom stereocenters. The molecule has 0 spiro atoms. The number of anilines is 1. The highest BCUT2D eigenvalue weighted by Gasteiger charge is 2.07. The molecule has 0 aromatic carbocycles. The maximum absolute atomic E-state index is 4.33. The lowest BCUT2D eigenvalue weighted by Crippen LogP contribution is -1.99. The van der Waals surface area contributed by atoms with Gasteiger partial charge in [-0.05, 0) is 24.8 Å². The number of nitrogens with zero attached hydrogens (tertiary/aromatic N) is 5. The minimum absolute atomic E-state index is 0.615. The van der Waals surface area contributed by atoms with Gasteiger partial charge in [0.15, 0.2) is 5.16 Å². The smallest absolute Gasteiger partial charge is 0.223 e. The summed E-state index contributed by atoms with van der Waals surface area (Å²) in [5.74, 6) is 0.615. The van der Waals surface area contributed by atoms with Crippen molar-refractivity contribution in [2.24, 2.45) is 7.05 Å². The van der Waals surface area contributed by atoms with Crippen molar-refractivity contribution in [3.8, 4) is 0 Å². The van der Waals surface area contributed by atoms with Crippen molar-refractivity contribution in [3.63, 3.8) is 0 Å². The molecule has 0 saturated carbocycles. The molecular formula is C9H12N6S. The normalized spacial score (nSPS) is 10.4. The second-order valence-corrected chi connectivity index (χ2v) is 4.24. The Morgan fingerprint density at radius 2 is 2.19 bits per heavy atom. The Balaban J connectivity index is 2.28. The lowest BCUT2D eigenvalue weighted by molar-refractivity contribution is 0.786. The standard InChI is InChI=1S/C9H12N6S/c1-6-4-7(13-8(10-2)12-6)16-9-14-11-5-15(9)3/h4-5H,1-3H3,(H,10,12,13). The first-order chi connectivity index (χ1) is 7.69. The van der Waals surface area contributed by atoms with E-state index in [2.05, 4.69) is 25.5 Å². The van der Waals surface area contributed by atoms with Gasteiger partial charge in [-0.1, -0.05) is 0 Å². The summed E-state index contributed by atoms with van der Waals surface area (Å²) >= 11 is 1.46. The molecule has 0 bridgehead atoms. The summed E-state index contributed by atoms with van der Waals surface area (Å²) in [6, 6.07) is 1.92. The number of aryl methyl sites for hydroxylation is 2. The Morgan fingerprint density at radius 3 is 2.81 bits per heavy atom. The minimum atomic E-state index is 0.615. The monoisotopic (exact) mass is 236 g/mol. The number of nitrogens with one attached hydrogen (secondary N) is 1. The van der Waals surface area contributed by atoms with Gasteiger partial charge in [-0.25, -0.2) is 9.97 Å². The number of hydrogen-bond acceptors (Lipinski definition) is 6.